The Balaban J connectivity index is 1.94. The largest absolute Gasteiger partial charge is 0.310 e. The van der Waals surface area contributed by atoms with Gasteiger partial charge in [-0.2, -0.15) is 0 Å². The minimum atomic E-state index is 0.401. The van der Waals surface area contributed by atoms with E-state index in [2.05, 4.69) is 24.1 Å². The molecule has 0 aliphatic carbocycles. The Morgan fingerprint density at radius 2 is 2.12 bits per heavy atom. The van der Waals surface area contributed by atoms with Crippen LogP contribution in [0.25, 0.3) is 0 Å². The van der Waals surface area contributed by atoms with E-state index in [4.69, 9.17) is 0 Å². The third-order valence-electron chi connectivity index (χ3n) is 4.48. The van der Waals surface area contributed by atoms with E-state index in [-0.39, 0.29) is 0 Å². The van der Waals surface area contributed by atoms with Crippen molar-refractivity contribution in [3.8, 4) is 0 Å². The first-order valence-electron chi connectivity index (χ1n) is 7.22. The highest BCUT2D eigenvalue weighted by Crippen LogP contribution is 2.25. The minimum absolute atomic E-state index is 0.401. The molecular weight excluding hydrogens is 196 g/mol. The van der Waals surface area contributed by atoms with Gasteiger partial charge in [0.1, 0.15) is 0 Å². The zero-order valence-electron chi connectivity index (χ0n) is 11.1. The number of nitrogens with zero attached hydrogens (tertiary/aromatic N) is 1. The van der Waals surface area contributed by atoms with Crippen molar-refractivity contribution in [2.75, 3.05) is 19.6 Å². The molecule has 0 radical (unpaired) electrons. The van der Waals surface area contributed by atoms with E-state index in [1.165, 1.54) is 64.6 Å². The van der Waals surface area contributed by atoms with Gasteiger partial charge in [0, 0.05) is 18.1 Å². The number of hydrogen-bond acceptors (Lipinski definition) is 2. The molecule has 2 fully saturated rings. The lowest BCUT2D eigenvalue weighted by Crippen LogP contribution is -2.50. The van der Waals surface area contributed by atoms with Crippen molar-refractivity contribution >= 4 is 0 Å². The Morgan fingerprint density at radius 3 is 2.81 bits per heavy atom. The molecule has 0 saturated carbocycles. The fraction of sp³-hybridized carbons (Fsp3) is 1.00. The number of rotatable bonds is 3. The van der Waals surface area contributed by atoms with Gasteiger partial charge in [-0.15, -0.1) is 0 Å². The summed E-state index contributed by atoms with van der Waals surface area (Å²) in [5.41, 5.74) is 0.401. The molecule has 94 valence electrons. The summed E-state index contributed by atoms with van der Waals surface area (Å²) < 4.78 is 0. The molecule has 2 rings (SSSR count). The maximum absolute atomic E-state index is 3.70. The first kappa shape index (κ1) is 12.4. The Morgan fingerprint density at radius 1 is 1.25 bits per heavy atom. The molecule has 2 saturated heterocycles. The Kier molecular flexibility index (Phi) is 4.26. The van der Waals surface area contributed by atoms with Gasteiger partial charge in [0.2, 0.25) is 0 Å². The van der Waals surface area contributed by atoms with Crippen LogP contribution in [0.1, 0.15) is 58.8 Å². The molecule has 0 amide bonds. The van der Waals surface area contributed by atoms with Crippen LogP contribution in [-0.4, -0.2) is 36.1 Å². The van der Waals surface area contributed by atoms with E-state index < -0.39 is 0 Å². The van der Waals surface area contributed by atoms with Crippen LogP contribution < -0.4 is 5.32 Å². The van der Waals surface area contributed by atoms with E-state index in [0.29, 0.717) is 5.54 Å². The summed E-state index contributed by atoms with van der Waals surface area (Å²) in [6.45, 7) is 8.59. The zero-order valence-corrected chi connectivity index (χ0v) is 11.1. The number of nitrogens with one attached hydrogen (secondary N) is 1. The summed E-state index contributed by atoms with van der Waals surface area (Å²) in [5.74, 6) is 0. The summed E-state index contributed by atoms with van der Waals surface area (Å²) >= 11 is 0. The molecule has 16 heavy (non-hydrogen) atoms. The topological polar surface area (TPSA) is 15.3 Å². The van der Waals surface area contributed by atoms with Gasteiger partial charge < -0.3 is 5.32 Å². The molecule has 2 heteroatoms. The third kappa shape index (κ3) is 2.98. The van der Waals surface area contributed by atoms with Crippen LogP contribution in [0, 0.1) is 0 Å². The van der Waals surface area contributed by atoms with Crippen molar-refractivity contribution < 1.29 is 0 Å². The van der Waals surface area contributed by atoms with Crippen LogP contribution in [0.15, 0.2) is 0 Å². The quantitative estimate of drug-likeness (QED) is 0.793. The molecule has 0 bridgehead atoms. The van der Waals surface area contributed by atoms with Gasteiger partial charge in [-0.05, 0) is 52.1 Å². The van der Waals surface area contributed by atoms with E-state index in [1.54, 1.807) is 0 Å². The van der Waals surface area contributed by atoms with Crippen molar-refractivity contribution in [1.29, 1.82) is 0 Å². The molecule has 2 unspecified atom stereocenters. The van der Waals surface area contributed by atoms with E-state index in [9.17, 15) is 0 Å². The standard InChI is InChI=1S/C14H28N2/c1-3-13-8-5-4-6-11-16(13)12-14(2)9-7-10-15-14/h13,15H,3-12H2,1-2H3. The normalized spacial score (nSPS) is 37.5. The monoisotopic (exact) mass is 224 g/mol. The molecule has 1 N–H and O–H groups in total. The van der Waals surface area contributed by atoms with Crippen molar-refractivity contribution in [1.82, 2.24) is 10.2 Å². The van der Waals surface area contributed by atoms with Crippen molar-refractivity contribution in [3.05, 3.63) is 0 Å². The molecule has 0 spiro atoms. The van der Waals surface area contributed by atoms with Crippen LogP contribution in [0.3, 0.4) is 0 Å². The SMILES string of the molecule is CCC1CCCCCN1CC1(C)CCCN1. The predicted octanol–water partition coefficient (Wildman–Crippen LogP) is 2.78. The van der Waals surface area contributed by atoms with Gasteiger partial charge >= 0.3 is 0 Å². The van der Waals surface area contributed by atoms with E-state index in [1.807, 2.05) is 0 Å². The Labute approximate surface area is 101 Å². The predicted molar refractivity (Wildman–Crippen MR) is 69.8 cm³/mol. The minimum Gasteiger partial charge on any atom is -0.310 e. The lowest BCUT2D eigenvalue weighted by Gasteiger charge is -2.36. The number of hydrogen-bond donors (Lipinski definition) is 1. The maximum Gasteiger partial charge on any atom is 0.0281 e. The van der Waals surface area contributed by atoms with Gasteiger partial charge in [0.25, 0.3) is 0 Å². The van der Waals surface area contributed by atoms with E-state index in [0.717, 1.165) is 6.04 Å². The van der Waals surface area contributed by atoms with Crippen LogP contribution >= 0.6 is 0 Å². The molecular formula is C14H28N2. The van der Waals surface area contributed by atoms with Gasteiger partial charge in [-0.3, -0.25) is 4.90 Å². The highest BCUT2D eigenvalue weighted by molar-refractivity contribution is 4.93. The first-order valence-corrected chi connectivity index (χ1v) is 7.22. The maximum atomic E-state index is 3.70. The smallest absolute Gasteiger partial charge is 0.0281 e. The van der Waals surface area contributed by atoms with Crippen LogP contribution in [0.5, 0.6) is 0 Å². The first-order chi connectivity index (χ1) is 7.73. The third-order valence-corrected chi connectivity index (χ3v) is 4.48. The number of likely N-dealkylation sites (tertiary alicyclic amines) is 1. The van der Waals surface area contributed by atoms with Gasteiger partial charge in [-0.1, -0.05) is 19.8 Å². The molecule has 2 nitrogen and oxygen atoms in total. The van der Waals surface area contributed by atoms with Crippen LogP contribution in [0.2, 0.25) is 0 Å². The highest BCUT2D eigenvalue weighted by Gasteiger charge is 2.32. The lowest BCUT2D eigenvalue weighted by atomic mass is 9.97. The van der Waals surface area contributed by atoms with Gasteiger partial charge in [-0.25, -0.2) is 0 Å². The van der Waals surface area contributed by atoms with Crippen LogP contribution in [0.4, 0.5) is 0 Å². The summed E-state index contributed by atoms with van der Waals surface area (Å²) in [5, 5.41) is 3.70. The second-order valence-electron chi connectivity index (χ2n) is 5.97. The second-order valence-corrected chi connectivity index (χ2v) is 5.97. The van der Waals surface area contributed by atoms with Gasteiger partial charge in [0.05, 0.1) is 0 Å². The lowest BCUT2D eigenvalue weighted by molar-refractivity contribution is 0.147. The van der Waals surface area contributed by atoms with Crippen molar-refractivity contribution in [3.63, 3.8) is 0 Å². The fourth-order valence-electron chi connectivity index (χ4n) is 3.45. The Hall–Kier alpha value is -0.0800. The average Bonchev–Trinajstić information content (AvgIpc) is 2.57. The molecule has 2 aliphatic heterocycles. The molecule has 2 aliphatic rings. The highest BCUT2D eigenvalue weighted by atomic mass is 15.2. The van der Waals surface area contributed by atoms with Crippen molar-refractivity contribution in [2.45, 2.75) is 70.4 Å². The van der Waals surface area contributed by atoms with Crippen LogP contribution in [-0.2, 0) is 0 Å². The molecule has 0 aromatic heterocycles. The average molecular weight is 224 g/mol. The molecule has 2 atom stereocenters. The summed E-state index contributed by atoms with van der Waals surface area (Å²) in [6, 6.07) is 0.849. The fourth-order valence-corrected chi connectivity index (χ4v) is 3.45. The van der Waals surface area contributed by atoms with Gasteiger partial charge in [0.15, 0.2) is 0 Å². The van der Waals surface area contributed by atoms with Crippen molar-refractivity contribution in [2.24, 2.45) is 0 Å². The summed E-state index contributed by atoms with van der Waals surface area (Å²) in [6.07, 6.45) is 9.77. The Bertz CT molecular complexity index is 209. The summed E-state index contributed by atoms with van der Waals surface area (Å²) in [7, 11) is 0. The second kappa shape index (κ2) is 5.50. The zero-order chi connectivity index (χ0) is 11.4. The molecule has 0 aromatic carbocycles. The molecule has 2 heterocycles. The summed E-state index contributed by atoms with van der Waals surface area (Å²) in [4.78, 5) is 2.77. The molecule has 0 aromatic rings. The van der Waals surface area contributed by atoms with E-state index >= 15 is 0 Å².